The summed E-state index contributed by atoms with van der Waals surface area (Å²) >= 11 is 0. The van der Waals surface area contributed by atoms with Gasteiger partial charge < -0.3 is 10.4 Å². The highest BCUT2D eigenvalue weighted by Gasteiger charge is 2.31. The standard InChI is InChI=1S/C21H22N4O4/c1-13(2)18(25-20(27)15-10-6-7-11-16(15)23-24-25)19(26)22-17(21(28)29)12-14-8-4-3-5-9-14/h3-11,13,17-18H,12H2,1-2H3,(H,22,26)(H,28,29). The molecule has 1 heterocycles. The van der Waals surface area contributed by atoms with Gasteiger partial charge in [-0.15, -0.1) is 5.10 Å². The Morgan fingerprint density at radius 3 is 2.38 bits per heavy atom. The van der Waals surface area contributed by atoms with Gasteiger partial charge in [-0.25, -0.2) is 4.79 Å². The number of hydrogen-bond acceptors (Lipinski definition) is 5. The van der Waals surface area contributed by atoms with E-state index in [2.05, 4.69) is 15.6 Å². The molecule has 2 unspecified atom stereocenters. The zero-order valence-electron chi connectivity index (χ0n) is 16.1. The molecule has 0 bridgehead atoms. The fourth-order valence-corrected chi connectivity index (χ4v) is 3.19. The number of carbonyl (C=O) groups excluding carboxylic acids is 1. The number of fused-ring (bicyclic) bond motifs is 1. The molecular formula is C21H22N4O4. The van der Waals surface area contributed by atoms with Crippen LogP contribution in [0.2, 0.25) is 0 Å². The Balaban J connectivity index is 1.90. The lowest BCUT2D eigenvalue weighted by Crippen LogP contribution is -2.48. The maximum atomic E-state index is 13.0. The molecule has 29 heavy (non-hydrogen) atoms. The minimum absolute atomic E-state index is 0.130. The van der Waals surface area contributed by atoms with E-state index < -0.39 is 29.5 Å². The molecule has 0 aliphatic heterocycles. The average Bonchev–Trinajstić information content (AvgIpc) is 2.70. The maximum absolute atomic E-state index is 13.0. The van der Waals surface area contributed by atoms with Gasteiger partial charge in [-0.2, -0.15) is 4.68 Å². The Kier molecular flexibility index (Phi) is 6.01. The van der Waals surface area contributed by atoms with Crippen LogP contribution in [0.5, 0.6) is 0 Å². The van der Waals surface area contributed by atoms with Crippen LogP contribution in [0.4, 0.5) is 0 Å². The second-order valence-electron chi connectivity index (χ2n) is 7.13. The summed E-state index contributed by atoms with van der Waals surface area (Å²) in [6.07, 6.45) is 0.130. The van der Waals surface area contributed by atoms with E-state index in [1.54, 1.807) is 62.4 Å². The fourth-order valence-electron chi connectivity index (χ4n) is 3.19. The first-order chi connectivity index (χ1) is 13.9. The summed E-state index contributed by atoms with van der Waals surface area (Å²) < 4.78 is 1.03. The van der Waals surface area contributed by atoms with Crippen molar-refractivity contribution < 1.29 is 14.7 Å². The summed E-state index contributed by atoms with van der Waals surface area (Å²) in [5.74, 6) is -2.05. The quantitative estimate of drug-likeness (QED) is 0.632. The van der Waals surface area contributed by atoms with E-state index in [0.717, 1.165) is 10.2 Å². The van der Waals surface area contributed by atoms with Gasteiger partial charge in [-0.3, -0.25) is 9.59 Å². The molecule has 0 saturated carbocycles. The zero-order chi connectivity index (χ0) is 21.0. The van der Waals surface area contributed by atoms with Crippen molar-refractivity contribution in [1.82, 2.24) is 20.3 Å². The molecule has 1 aromatic heterocycles. The van der Waals surface area contributed by atoms with E-state index in [-0.39, 0.29) is 12.3 Å². The summed E-state index contributed by atoms with van der Waals surface area (Å²) in [6.45, 7) is 3.53. The number of nitrogens with one attached hydrogen (secondary N) is 1. The molecule has 1 amide bonds. The van der Waals surface area contributed by atoms with Gasteiger partial charge in [0.15, 0.2) is 0 Å². The molecule has 8 nitrogen and oxygen atoms in total. The number of carbonyl (C=O) groups is 2. The highest BCUT2D eigenvalue weighted by Crippen LogP contribution is 2.17. The number of carboxylic acid groups (broad SMARTS) is 1. The lowest BCUT2D eigenvalue weighted by atomic mass is 10.0. The number of hydrogen-bond donors (Lipinski definition) is 2. The second-order valence-corrected chi connectivity index (χ2v) is 7.13. The molecule has 8 heteroatoms. The third kappa shape index (κ3) is 4.48. The number of aromatic nitrogens is 3. The molecule has 0 fully saturated rings. The lowest BCUT2D eigenvalue weighted by Gasteiger charge is -2.23. The normalized spacial score (nSPS) is 13.2. The van der Waals surface area contributed by atoms with Crippen LogP contribution < -0.4 is 10.9 Å². The maximum Gasteiger partial charge on any atom is 0.326 e. The van der Waals surface area contributed by atoms with Crippen molar-refractivity contribution in [1.29, 1.82) is 0 Å². The molecular weight excluding hydrogens is 372 g/mol. The van der Waals surface area contributed by atoms with Crippen LogP contribution in [-0.4, -0.2) is 38.0 Å². The van der Waals surface area contributed by atoms with E-state index in [1.807, 2.05) is 6.07 Å². The lowest BCUT2D eigenvalue weighted by molar-refractivity contribution is -0.142. The fraction of sp³-hybridized carbons (Fsp3) is 0.286. The molecule has 2 atom stereocenters. The molecule has 3 aromatic rings. The minimum atomic E-state index is -1.15. The summed E-state index contributed by atoms with van der Waals surface area (Å²) in [5.41, 5.74) is 0.771. The van der Waals surface area contributed by atoms with Crippen molar-refractivity contribution in [2.45, 2.75) is 32.4 Å². The Morgan fingerprint density at radius 1 is 1.07 bits per heavy atom. The van der Waals surface area contributed by atoms with Crippen molar-refractivity contribution in [2.75, 3.05) is 0 Å². The van der Waals surface area contributed by atoms with E-state index in [0.29, 0.717) is 10.9 Å². The molecule has 0 aliphatic rings. The van der Waals surface area contributed by atoms with Gasteiger partial charge >= 0.3 is 5.97 Å². The predicted octanol–water partition coefficient (Wildman–Crippen LogP) is 1.80. The summed E-state index contributed by atoms with van der Waals surface area (Å²) in [5, 5.41) is 20.4. The van der Waals surface area contributed by atoms with Crippen molar-refractivity contribution in [3.8, 4) is 0 Å². The highest BCUT2D eigenvalue weighted by molar-refractivity contribution is 5.86. The summed E-state index contributed by atoms with van der Waals surface area (Å²) in [7, 11) is 0. The van der Waals surface area contributed by atoms with Gasteiger partial charge in [-0.1, -0.05) is 61.5 Å². The highest BCUT2D eigenvalue weighted by atomic mass is 16.4. The monoisotopic (exact) mass is 394 g/mol. The van der Waals surface area contributed by atoms with Crippen LogP contribution >= 0.6 is 0 Å². The summed E-state index contributed by atoms with van der Waals surface area (Å²) in [4.78, 5) is 37.5. The molecule has 2 N–H and O–H groups in total. The van der Waals surface area contributed by atoms with Crippen LogP contribution in [0.3, 0.4) is 0 Å². The van der Waals surface area contributed by atoms with Crippen LogP contribution in [0.25, 0.3) is 10.9 Å². The van der Waals surface area contributed by atoms with E-state index >= 15 is 0 Å². The van der Waals surface area contributed by atoms with E-state index in [1.165, 1.54) is 0 Å². The topological polar surface area (TPSA) is 114 Å². The van der Waals surface area contributed by atoms with Crippen molar-refractivity contribution in [3.63, 3.8) is 0 Å². The smallest absolute Gasteiger partial charge is 0.326 e. The van der Waals surface area contributed by atoms with Gasteiger partial charge in [-0.05, 0) is 23.6 Å². The van der Waals surface area contributed by atoms with E-state index in [4.69, 9.17) is 0 Å². The first kappa shape index (κ1) is 20.2. The molecule has 150 valence electrons. The first-order valence-electron chi connectivity index (χ1n) is 9.30. The van der Waals surface area contributed by atoms with Gasteiger partial charge in [0, 0.05) is 6.42 Å². The minimum Gasteiger partial charge on any atom is -0.480 e. The van der Waals surface area contributed by atoms with Crippen LogP contribution in [0, 0.1) is 5.92 Å². The SMILES string of the molecule is CC(C)C(C(=O)NC(Cc1ccccc1)C(=O)O)n1nnc2ccccc2c1=O. The largest absolute Gasteiger partial charge is 0.480 e. The number of aliphatic carboxylic acids is 1. The van der Waals surface area contributed by atoms with Gasteiger partial charge in [0.25, 0.3) is 5.56 Å². The number of amides is 1. The number of benzene rings is 2. The summed E-state index contributed by atoms with van der Waals surface area (Å²) in [6, 6.07) is 13.6. The van der Waals surface area contributed by atoms with Crippen molar-refractivity contribution in [3.05, 3.63) is 70.5 Å². The molecule has 0 aliphatic carbocycles. The van der Waals surface area contributed by atoms with Crippen molar-refractivity contribution >= 4 is 22.8 Å². The number of carboxylic acids is 1. The van der Waals surface area contributed by atoms with Crippen molar-refractivity contribution in [2.24, 2.45) is 5.92 Å². The Labute approximate surface area is 167 Å². The van der Waals surface area contributed by atoms with Gasteiger partial charge in [0.05, 0.1) is 5.39 Å². The third-order valence-corrected chi connectivity index (χ3v) is 4.65. The third-order valence-electron chi connectivity index (χ3n) is 4.65. The van der Waals surface area contributed by atoms with Gasteiger partial charge in [0.2, 0.25) is 5.91 Å². The Hall–Kier alpha value is -3.55. The van der Waals surface area contributed by atoms with Gasteiger partial charge in [0.1, 0.15) is 17.6 Å². The average molecular weight is 394 g/mol. The Morgan fingerprint density at radius 2 is 1.72 bits per heavy atom. The number of rotatable bonds is 7. The second kappa shape index (κ2) is 8.64. The first-order valence-corrected chi connectivity index (χ1v) is 9.30. The molecule has 2 aromatic carbocycles. The Bertz CT molecular complexity index is 1080. The molecule has 3 rings (SSSR count). The zero-order valence-corrected chi connectivity index (χ0v) is 16.1. The molecule has 0 saturated heterocycles. The van der Waals surface area contributed by atoms with Crippen LogP contribution in [0.15, 0.2) is 59.4 Å². The van der Waals surface area contributed by atoms with Crippen LogP contribution in [-0.2, 0) is 16.0 Å². The number of nitrogens with zero attached hydrogens (tertiary/aromatic N) is 3. The molecule has 0 spiro atoms. The molecule has 0 radical (unpaired) electrons. The van der Waals surface area contributed by atoms with E-state index in [9.17, 15) is 19.5 Å². The predicted molar refractivity (Wildman–Crippen MR) is 107 cm³/mol. The van der Waals surface area contributed by atoms with Crippen LogP contribution in [0.1, 0.15) is 25.5 Å².